The molecule has 2 aromatic rings. The molecule has 0 aromatic heterocycles. The van der Waals surface area contributed by atoms with E-state index in [0.29, 0.717) is 21.9 Å². The number of ether oxygens (including phenoxy) is 2. The lowest BCUT2D eigenvalue weighted by Crippen LogP contribution is -2.31. The number of methoxy groups -OCH3 is 1. The number of nitrogens with zero attached hydrogens (tertiary/aromatic N) is 2. The molecule has 6 heteroatoms. The second-order valence-electron chi connectivity index (χ2n) is 4.93. The van der Waals surface area contributed by atoms with E-state index >= 15 is 0 Å². The van der Waals surface area contributed by atoms with Crippen LogP contribution >= 0.6 is 11.6 Å². The second-order valence-corrected chi connectivity index (χ2v) is 5.37. The van der Waals surface area contributed by atoms with Crippen LogP contribution in [0.2, 0.25) is 5.02 Å². The Kier molecular flexibility index (Phi) is 5.78. The number of halogens is 1. The Balaban J connectivity index is 2.26. The van der Waals surface area contributed by atoms with Crippen LogP contribution in [0.1, 0.15) is 16.7 Å². The van der Waals surface area contributed by atoms with Crippen molar-refractivity contribution in [2.24, 2.45) is 0 Å². The number of benzene rings is 2. The van der Waals surface area contributed by atoms with E-state index in [4.69, 9.17) is 31.6 Å². The predicted molar refractivity (Wildman–Crippen MR) is 87.5 cm³/mol. The van der Waals surface area contributed by atoms with E-state index in [1.54, 1.807) is 24.3 Å². The minimum absolute atomic E-state index is 0.219. The Labute approximate surface area is 144 Å². The van der Waals surface area contributed by atoms with Crippen molar-refractivity contribution in [2.45, 2.75) is 12.5 Å². The SMILES string of the molecule is COC(=O)C(Cc1cccc(C#N)c1)Oc1cc(Cl)cc(C#N)c1. The van der Waals surface area contributed by atoms with Gasteiger partial charge in [0.15, 0.2) is 6.10 Å². The molecule has 0 heterocycles. The summed E-state index contributed by atoms with van der Waals surface area (Å²) in [5, 5.41) is 18.3. The Morgan fingerprint density at radius 1 is 1.17 bits per heavy atom. The molecule has 0 spiro atoms. The molecule has 0 aliphatic rings. The molecule has 2 aromatic carbocycles. The minimum atomic E-state index is -0.922. The summed E-state index contributed by atoms with van der Waals surface area (Å²) in [5.74, 6) is -0.262. The van der Waals surface area contributed by atoms with Gasteiger partial charge in [0.05, 0.1) is 30.4 Å². The third-order valence-corrected chi connectivity index (χ3v) is 3.44. The molecule has 0 N–H and O–H groups in total. The van der Waals surface area contributed by atoms with Gasteiger partial charge in [0, 0.05) is 11.4 Å². The normalized spacial score (nSPS) is 11.0. The number of carbonyl (C=O) groups excluding carboxylic acids is 1. The molecule has 0 amide bonds. The summed E-state index contributed by atoms with van der Waals surface area (Å²) in [5.41, 5.74) is 1.57. The van der Waals surface area contributed by atoms with Crippen LogP contribution in [-0.2, 0) is 16.0 Å². The van der Waals surface area contributed by atoms with Crippen LogP contribution in [0.4, 0.5) is 0 Å². The molecular formula is C18H13ClN2O3. The highest BCUT2D eigenvalue weighted by atomic mass is 35.5. The molecule has 0 bridgehead atoms. The lowest BCUT2D eigenvalue weighted by Gasteiger charge is -2.17. The van der Waals surface area contributed by atoms with Crippen LogP contribution in [0.15, 0.2) is 42.5 Å². The van der Waals surface area contributed by atoms with Gasteiger partial charge in [-0.15, -0.1) is 0 Å². The monoisotopic (exact) mass is 340 g/mol. The van der Waals surface area contributed by atoms with E-state index in [1.165, 1.54) is 25.3 Å². The summed E-state index contributed by atoms with van der Waals surface area (Å²) < 4.78 is 10.4. The Bertz CT molecular complexity index is 837. The second kappa shape index (κ2) is 8.01. The van der Waals surface area contributed by atoms with Crippen LogP contribution < -0.4 is 4.74 Å². The van der Waals surface area contributed by atoms with Crippen molar-refractivity contribution in [1.29, 1.82) is 10.5 Å². The Morgan fingerprint density at radius 2 is 1.92 bits per heavy atom. The van der Waals surface area contributed by atoms with Crippen LogP contribution in [0.3, 0.4) is 0 Å². The zero-order valence-corrected chi connectivity index (χ0v) is 13.6. The Morgan fingerprint density at radius 3 is 2.58 bits per heavy atom. The minimum Gasteiger partial charge on any atom is -0.478 e. The quantitative estimate of drug-likeness (QED) is 0.780. The van der Waals surface area contributed by atoms with Crippen molar-refractivity contribution < 1.29 is 14.3 Å². The van der Waals surface area contributed by atoms with Crippen LogP contribution in [-0.4, -0.2) is 19.2 Å². The number of carbonyl (C=O) groups is 1. The van der Waals surface area contributed by atoms with E-state index in [1.807, 2.05) is 12.1 Å². The molecule has 0 aliphatic heterocycles. The first-order valence-electron chi connectivity index (χ1n) is 7.00. The fourth-order valence-corrected chi connectivity index (χ4v) is 2.37. The van der Waals surface area contributed by atoms with Gasteiger partial charge in [0.25, 0.3) is 0 Å². The van der Waals surface area contributed by atoms with Gasteiger partial charge in [-0.05, 0) is 35.9 Å². The van der Waals surface area contributed by atoms with Crippen molar-refractivity contribution in [1.82, 2.24) is 0 Å². The van der Waals surface area contributed by atoms with Gasteiger partial charge in [0.1, 0.15) is 5.75 Å². The molecule has 24 heavy (non-hydrogen) atoms. The Hall–Kier alpha value is -3.02. The maximum atomic E-state index is 12.0. The third-order valence-electron chi connectivity index (χ3n) is 3.22. The molecule has 0 saturated heterocycles. The molecule has 2 rings (SSSR count). The first-order chi connectivity index (χ1) is 11.5. The summed E-state index contributed by atoms with van der Waals surface area (Å²) >= 11 is 5.94. The topological polar surface area (TPSA) is 83.1 Å². The van der Waals surface area contributed by atoms with Gasteiger partial charge in [-0.1, -0.05) is 23.7 Å². The molecular weight excluding hydrogens is 328 g/mol. The zero-order valence-electron chi connectivity index (χ0n) is 12.8. The fourth-order valence-electron chi connectivity index (χ4n) is 2.15. The smallest absolute Gasteiger partial charge is 0.347 e. The maximum absolute atomic E-state index is 12.0. The molecule has 1 unspecified atom stereocenters. The van der Waals surface area contributed by atoms with Crippen molar-refractivity contribution in [3.05, 3.63) is 64.2 Å². The van der Waals surface area contributed by atoms with Crippen molar-refractivity contribution in [3.63, 3.8) is 0 Å². The van der Waals surface area contributed by atoms with Gasteiger partial charge >= 0.3 is 5.97 Å². The van der Waals surface area contributed by atoms with Crippen molar-refractivity contribution >= 4 is 17.6 Å². The number of hydrogen-bond acceptors (Lipinski definition) is 5. The van der Waals surface area contributed by atoms with E-state index in [9.17, 15) is 4.79 Å². The molecule has 120 valence electrons. The third kappa shape index (κ3) is 4.49. The van der Waals surface area contributed by atoms with E-state index < -0.39 is 12.1 Å². The highest BCUT2D eigenvalue weighted by molar-refractivity contribution is 6.30. The summed E-state index contributed by atoms with van der Waals surface area (Å²) in [6.45, 7) is 0. The highest BCUT2D eigenvalue weighted by Gasteiger charge is 2.22. The molecule has 0 aliphatic carbocycles. The summed E-state index contributed by atoms with van der Waals surface area (Å²) in [7, 11) is 1.27. The first kappa shape index (κ1) is 17.3. The zero-order chi connectivity index (χ0) is 17.5. The first-order valence-corrected chi connectivity index (χ1v) is 7.37. The predicted octanol–water partition coefficient (Wildman–Crippen LogP) is 3.25. The van der Waals surface area contributed by atoms with E-state index in [0.717, 1.165) is 5.56 Å². The number of nitriles is 2. The standard InChI is InChI=1S/C18H13ClN2O3/c1-23-18(22)17(8-12-3-2-4-13(5-12)10-20)24-16-7-14(11-21)6-15(19)9-16/h2-7,9,17H,8H2,1H3. The summed E-state index contributed by atoms with van der Waals surface area (Å²) in [4.78, 5) is 12.0. The van der Waals surface area contributed by atoms with Gasteiger partial charge in [0.2, 0.25) is 0 Å². The van der Waals surface area contributed by atoms with E-state index in [-0.39, 0.29) is 6.42 Å². The fraction of sp³-hybridized carbons (Fsp3) is 0.167. The molecule has 0 radical (unpaired) electrons. The van der Waals surface area contributed by atoms with Crippen LogP contribution in [0.5, 0.6) is 5.75 Å². The van der Waals surface area contributed by atoms with Gasteiger partial charge in [-0.3, -0.25) is 0 Å². The van der Waals surface area contributed by atoms with Gasteiger partial charge in [-0.2, -0.15) is 10.5 Å². The van der Waals surface area contributed by atoms with E-state index in [2.05, 4.69) is 0 Å². The largest absolute Gasteiger partial charge is 0.478 e. The lowest BCUT2D eigenvalue weighted by atomic mass is 10.1. The highest BCUT2D eigenvalue weighted by Crippen LogP contribution is 2.23. The van der Waals surface area contributed by atoms with Crippen molar-refractivity contribution in [2.75, 3.05) is 7.11 Å². The maximum Gasteiger partial charge on any atom is 0.347 e. The number of esters is 1. The molecule has 5 nitrogen and oxygen atoms in total. The molecule has 0 saturated carbocycles. The number of rotatable bonds is 5. The van der Waals surface area contributed by atoms with Crippen molar-refractivity contribution in [3.8, 4) is 17.9 Å². The lowest BCUT2D eigenvalue weighted by molar-refractivity contribution is -0.148. The summed E-state index contributed by atoms with van der Waals surface area (Å²) in [6, 6.07) is 15.4. The van der Waals surface area contributed by atoms with Crippen LogP contribution in [0, 0.1) is 22.7 Å². The molecule has 0 fully saturated rings. The summed E-state index contributed by atoms with van der Waals surface area (Å²) in [6.07, 6.45) is -0.703. The average molecular weight is 341 g/mol. The average Bonchev–Trinajstić information content (AvgIpc) is 2.60. The van der Waals surface area contributed by atoms with Gasteiger partial charge < -0.3 is 9.47 Å². The van der Waals surface area contributed by atoms with Gasteiger partial charge in [-0.25, -0.2) is 4.79 Å². The molecule has 1 atom stereocenters. The number of hydrogen-bond donors (Lipinski definition) is 0. The van der Waals surface area contributed by atoms with Crippen LogP contribution in [0.25, 0.3) is 0 Å².